The minimum absolute atomic E-state index is 0.00746. The number of imide groups is 1. The van der Waals surface area contributed by atoms with E-state index in [-0.39, 0.29) is 42.6 Å². The van der Waals surface area contributed by atoms with Crippen LogP contribution in [0, 0.1) is 11.7 Å². The molecule has 6 heterocycles. The van der Waals surface area contributed by atoms with Gasteiger partial charge in [0.05, 0.1) is 35.7 Å². The van der Waals surface area contributed by atoms with E-state index in [0.29, 0.717) is 34.9 Å². The molecule has 0 spiro atoms. The SMILES string of the molecule is CC1(Oc2ccc3[nH]nc(-c4cc(N5CCC(OC6CCCCC6)CC5)ncn4)c3c2)CC1.CC1CCN(c2ccc3c(c2F)CN(C2CCC(=O)NC2=O)C3=O)CC1. The fraction of sp³-hybridized carbons (Fsp3) is 0.556. The Bertz CT molecular complexity index is 2200. The molecule has 2 N–H and O–H groups in total. The van der Waals surface area contributed by atoms with Gasteiger partial charge in [0.1, 0.15) is 35.2 Å². The van der Waals surface area contributed by atoms with E-state index in [9.17, 15) is 14.4 Å². The summed E-state index contributed by atoms with van der Waals surface area (Å²) in [5, 5.41) is 11.0. The average molecular weight is 807 g/mol. The number of fused-ring (bicyclic) bond motifs is 2. The lowest BCUT2D eigenvalue weighted by Gasteiger charge is -2.35. The number of aromatic nitrogens is 4. The van der Waals surface area contributed by atoms with E-state index in [2.05, 4.69) is 56.4 Å². The van der Waals surface area contributed by atoms with Crippen molar-refractivity contribution in [2.75, 3.05) is 36.0 Å². The molecule has 14 heteroatoms. The molecule has 2 aliphatic carbocycles. The first-order valence-electron chi connectivity index (χ1n) is 21.7. The molecular formula is C45H55FN8O5. The maximum Gasteiger partial charge on any atom is 0.255 e. The number of aromatic amines is 1. The van der Waals surface area contributed by atoms with Crippen molar-refractivity contribution in [3.63, 3.8) is 0 Å². The van der Waals surface area contributed by atoms with Crippen molar-refractivity contribution in [3.05, 3.63) is 59.7 Å². The largest absolute Gasteiger partial charge is 0.488 e. The molecule has 13 nitrogen and oxygen atoms in total. The van der Waals surface area contributed by atoms with Crippen LogP contribution in [0.5, 0.6) is 5.75 Å². The second-order valence-electron chi connectivity index (χ2n) is 17.7. The minimum Gasteiger partial charge on any atom is -0.488 e. The zero-order valence-corrected chi connectivity index (χ0v) is 34.2. The lowest BCUT2D eigenvalue weighted by molar-refractivity contribution is -0.136. The summed E-state index contributed by atoms with van der Waals surface area (Å²) in [6.45, 7) is 7.98. The summed E-state index contributed by atoms with van der Waals surface area (Å²) >= 11 is 0. The number of H-pyrrole nitrogens is 1. The van der Waals surface area contributed by atoms with Crippen LogP contribution in [0.4, 0.5) is 15.9 Å². The number of hydrogen-bond donors (Lipinski definition) is 2. The second-order valence-corrected chi connectivity index (χ2v) is 17.7. The maximum atomic E-state index is 15.2. The Morgan fingerprint density at radius 2 is 1.59 bits per heavy atom. The number of nitrogens with one attached hydrogen (secondary N) is 2. The number of rotatable bonds is 8. The molecule has 1 atom stereocenters. The van der Waals surface area contributed by atoms with E-state index < -0.39 is 11.9 Å². The summed E-state index contributed by atoms with van der Waals surface area (Å²) in [7, 11) is 0. The van der Waals surface area contributed by atoms with Crippen molar-refractivity contribution in [3.8, 4) is 17.1 Å². The summed E-state index contributed by atoms with van der Waals surface area (Å²) in [5.74, 6) is 0.988. The number of carbonyl (C=O) groups is 3. The van der Waals surface area contributed by atoms with E-state index in [1.165, 1.54) is 37.0 Å². The van der Waals surface area contributed by atoms with Gasteiger partial charge < -0.3 is 24.2 Å². The molecule has 3 saturated heterocycles. The van der Waals surface area contributed by atoms with Crippen LogP contribution in [0.1, 0.15) is 113 Å². The molecule has 0 bridgehead atoms. The van der Waals surface area contributed by atoms with Crippen LogP contribution in [0.15, 0.2) is 42.7 Å². The number of carbonyl (C=O) groups excluding carboxylic acids is 3. The molecule has 4 aliphatic heterocycles. The fourth-order valence-electron chi connectivity index (χ4n) is 9.24. The van der Waals surface area contributed by atoms with Gasteiger partial charge in [0.2, 0.25) is 11.8 Å². The first kappa shape index (κ1) is 39.4. The summed E-state index contributed by atoms with van der Waals surface area (Å²) in [6, 6.07) is 10.8. The number of halogens is 1. The third-order valence-corrected chi connectivity index (χ3v) is 13.2. The van der Waals surface area contributed by atoms with Crippen LogP contribution in [0.2, 0.25) is 0 Å². The Kier molecular flexibility index (Phi) is 11.0. The highest BCUT2D eigenvalue weighted by Crippen LogP contribution is 2.41. The third-order valence-electron chi connectivity index (χ3n) is 13.2. The first-order valence-corrected chi connectivity index (χ1v) is 21.7. The molecule has 5 fully saturated rings. The highest BCUT2D eigenvalue weighted by atomic mass is 19.1. The van der Waals surface area contributed by atoms with Crippen LogP contribution in [0.25, 0.3) is 22.3 Å². The highest BCUT2D eigenvalue weighted by molar-refractivity contribution is 6.05. The molecule has 3 amide bonds. The number of anilines is 2. The van der Waals surface area contributed by atoms with E-state index in [0.717, 1.165) is 98.6 Å². The topological polar surface area (TPSA) is 146 Å². The Labute approximate surface area is 344 Å². The summed E-state index contributed by atoms with van der Waals surface area (Å²) in [4.78, 5) is 51.0. The van der Waals surface area contributed by atoms with Crippen molar-refractivity contribution in [2.24, 2.45) is 5.92 Å². The molecule has 2 aromatic heterocycles. The molecular weight excluding hydrogens is 752 g/mol. The zero-order chi connectivity index (χ0) is 40.7. The Hall–Kier alpha value is -5.11. The first-order chi connectivity index (χ1) is 28.6. The van der Waals surface area contributed by atoms with Crippen LogP contribution < -0.4 is 19.9 Å². The molecule has 2 aromatic carbocycles. The van der Waals surface area contributed by atoms with Gasteiger partial charge in [0, 0.05) is 55.2 Å². The number of nitrogens with zero attached hydrogens (tertiary/aromatic N) is 6. The fourth-order valence-corrected chi connectivity index (χ4v) is 9.24. The number of benzene rings is 2. The Morgan fingerprint density at radius 1 is 0.847 bits per heavy atom. The second kappa shape index (κ2) is 16.5. The van der Waals surface area contributed by atoms with E-state index in [4.69, 9.17) is 9.47 Å². The molecule has 0 radical (unpaired) electrons. The molecule has 1 unspecified atom stereocenters. The van der Waals surface area contributed by atoms with Gasteiger partial charge in [-0.2, -0.15) is 5.10 Å². The quantitative estimate of drug-likeness (QED) is 0.177. The van der Waals surface area contributed by atoms with Gasteiger partial charge in [-0.05, 0) is 101 Å². The van der Waals surface area contributed by atoms with Crippen LogP contribution in [0.3, 0.4) is 0 Å². The van der Waals surface area contributed by atoms with Crippen LogP contribution in [-0.2, 0) is 20.9 Å². The predicted octanol–water partition coefficient (Wildman–Crippen LogP) is 7.09. The summed E-state index contributed by atoms with van der Waals surface area (Å²) < 4.78 is 27.7. The van der Waals surface area contributed by atoms with Gasteiger partial charge >= 0.3 is 0 Å². The Morgan fingerprint density at radius 3 is 2.34 bits per heavy atom. The van der Waals surface area contributed by atoms with Crippen molar-refractivity contribution in [2.45, 2.75) is 128 Å². The molecule has 4 aromatic rings. The number of amides is 3. The lowest BCUT2D eigenvalue weighted by atomic mass is 9.97. The molecule has 312 valence electrons. The maximum absolute atomic E-state index is 15.2. The zero-order valence-electron chi connectivity index (χ0n) is 34.2. The van der Waals surface area contributed by atoms with Crippen molar-refractivity contribution >= 4 is 40.1 Å². The van der Waals surface area contributed by atoms with Gasteiger partial charge in [-0.1, -0.05) is 26.2 Å². The van der Waals surface area contributed by atoms with Gasteiger partial charge in [-0.15, -0.1) is 0 Å². The van der Waals surface area contributed by atoms with E-state index >= 15 is 4.39 Å². The van der Waals surface area contributed by atoms with E-state index in [1.54, 1.807) is 18.5 Å². The lowest BCUT2D eigenvalue weighted by Crippen LogP contribution is -2.52. The van der Waals surface area contributed by atoms with Crippen molar-refractivity contribution < 1.29 is 28.2 Å². The van der Waals surface area contributed by atoms with Gasteiger partial charge in [-0.25, -0.2) is 14.4 Å². The minimum atomic E-state index is -0.716. The highest BCUT2D eigenvalue weighted by Gasteiger charge is 2.41. The molecule has 10 rings (SSSR count). The molecule has 6 aliphatic rings. The van der Waals surface area contributed by atoms with Gasteiger partial charge in [-0.3, -0.25) is 24.8 Å². The normalized spacial score (nSPS) is 22.6. The predicted molar refractivity (Wildman–Crippen MR) is 222 cm³/mol. The standard InChI is InChI=1S/C26H33N5O2.C19H22FN3O3/c1-26(11-12-26)33-20-7-8-22-21(15-20)25(30-29-22)23-16-24(28-17-27-23)31-13-9-19(10-14-31)32-18-5-3-2-4-6-18;1-11-6-8-22(9-7-11)14-3-2-12-13(17(14)20)10-23(19(12)26)15-4-5-16(24)21-18(15)25/h7-8,15-19H,2-6,9-14H2,1H3,(H,29,30);2-3,11,15H,4-10H2,1H3,(H,21,24,25). The van der Waals surface area contributed by atoms with Crippen molar-refractivity contribution in [1.82, 2.24) is 30.4 Å². The summed E-state index contributed by atoms with van der Waals surface area (Å²) in [5.41, 5.74) is 3.87. The smallest absolute Gasteiger partial charge is 0.255 e. The van der Waals surface area contributed by atoms with Crippen molar-refractivity contribution in [1.29, 1.82) is 0 Å². The van der Waals surface area contributed by atoms with E-state index in [1.807, 2.05) is 17.0 Å². The average Bonchev–Trinajstić information content (AvgIpc) is 3.66. The molecule has 2 saturated carbocycles. The van der Waals surface area contributed by atoms with Gasteiger partial charge in [0.25, 0.3) is 5.91 Å². The monoisotopic (exact) mass is 806 g/mol. The van der Waals surface area contributed by atoms with Crippen LogP contribution >= 0.6 is 0 Å². The number of piperidine rings is 3. The van der Waals surface area contributed by atoms with Gasteiger partial charge in [0.15, 0.2) is 5.82 Å². The number of hydrogen-bond acceptors (Lipinski definition) is 10. The number of ether oxygens (including phenoxy) is 2. The third kappa shape index (κ3) is 8.51. The summed E-state index contributed by atoms with van der Waals surface area (Å²) in [6.07, 6.45) is 15.9. The Balaban J connectivity index is 0.000000157. The molecule has 59 heavy (non-hydrogen) atoms. The van der Waals surface area contributed by atoms with Crippen LogP contribution in [-0.4, -0.2) is 92.8 Å².